The molecule has 2 aromatic rings. The molecule has 0 unspecified atom stereocenters. The highest BCUT2D eigenvalue weighted by molar-refractivity contribution is 9.10. The molecule has 0 saturated heterocycles. The SMILES string of the molecule is O=Cc1cc(Br)ccc1OCc1ccc(F)c(Br)c1. The summed E-state index contributed by atoms with van der Waals surface area (Å²) in [5.74, 6) is 0.180. The minimum Gasteiger partial charge on any atom is -0.488 e. The first-order valence-corrected chi connectivity index (χ1v) is 7.00. The number of hydrogen-bond donors (Lipinski definition) is 0. The second-order valence-electron chi connectivity index (χ2n) is 3.84. The lowest BCUT2D eigenvalue weighted by atomic mass is 10.2. The van der Waals surface area contributed by atoms with Gasteiger partial charge in [-0.25, -0.2) is 4.39 Å². The molecule has 0 N–H and O–H groups in total. The van der Waals surface area contributed by atoms with Crippen LogP contribution >= 0.6 is 31.9 Å². The minimum atomic E-state index is -0.319. The van der Waals surface area contributed by atoms with Crippen molar-refractivity contribution >= 4 is 38.1 Å². The zero-order valence-electron chi connectivity index (χ0n) is 9.70. The van der Waals surface area contributed by atoms with E-state index in [-0.39, 0.29) is 12.4 Å². The van der Waals surface area contributed by atoms with Gasteiger partial charge in [-0.2, -0.15) is 0 Å². The van der Waals surface area contributed by atoms with Crippen LogP contribution in [0.4, 0.5) is 4.39 Å². The highest BCUT2D eigenvalue weighted by atomic mass is 79.9. The van der Waals surface area contributed by atoms with Gasteiger partial charge in [0.25, 0.3) is 0 Å². The van der Waals surface area contributed by atoms with E-state index in [9.17, 15) is 9.18 Å². The van der Waals surface area contributed by atoms with Gasteiger partial charge < -0.3 is 4.74 Å². The third-order valence-corrected chi connectivity index (χ3v) is 3.58. The van der Waals surface area contributed by atoms with Gasteiger partial charge in [-0.05, 0) is 51.8 Å². The van der Waals surface area contributed by atoms with Crippen LogP contribution in [0.25, 0.3) is 0 Å². The molecule has 0 fully saturated rings. The molecule has 0 aromatic heterocycles. The van der Waals surface area contributed by atoms with Crippen LogP contribution < -0.4 is 4.74 Å². The summed E-state index contributed by atoms with van der Waals surface area (Å²) >= 11 is 6.41. The van der Waals surface area contributed by atoms with Gasteiger partial charge in [0.05, 0.1) is 10.0 Å². The summed E-state index contributed by atoms with van der Waals surface area (Å²) in [7, 11) is 0. The lowest BCUT2D eigenvalue weighted by Gasteiger charge is -2.09. The third-order valence-electron chi connectivity index (χ3n) is 2.48. The van der Waals surface area contributed by atoms with E-state index in [4.69, 9.17) is 4.74 Å². The largest absolute Gasteiger partial charge is 0.488 e. The molecule has 0 spiro atoms. The molecule has 2 rings (SSSR count). The van der Waals surface area contributed by atoms with E-state index >= 15 is 0 Å². The summed E-state index contributed by atoms with van der Waals surface area (Å²) < 4.78 is 19.9. The van der Waals surface area contributed by atoms with Crippen LogP contribution in [0, 0.1) is 5.82 Å². The van der Waals surface area contributed by atoms with Crippen molar-refractivity contribution in [2.45, 2.75) is 6.61 Å². The second kappa shape index (κ2) is 6.30. The first-order chi connectivity index (χ1) is 9.10. The van der Waals surface area contributed by atoms with Crippen molar-refractivity contribution in [1.82, 2.24) is 0 Å². The van der Waals surface area contributed by atoms with Gasteiger partial charge in [-0.3, -0.25) is 4.79 Å². The highest BCUT2D eigenvalue weighted by Crippen LogP contribution is 2.23. The summed E-state index contributed by atoms with van der Waals surface area (Å²) in [5, 5.41) is 0. The standard InChI is InChI=1S/C14H9Br2FO2/c15-11-2-4-14(10(6-11)7-18)19-8-9-1-3-13(17)12(16)5-9/h1-7H,8H2. The van der Waals surface area contributed by atoms with Crippen LogP contribution in [0.3, 0.4) is 0 Å². The average molecular weight is 388 g/mol. The molecule has 0 aliphatic carbocycles. The number of hydrogen-bond acceptors (Lipinski definition) is 2. The maximum absolute atomic E-state index is 13.1. The summed E-state index contributed by atoms with van der Waals surface area (Å²) in [4.78, 5) is 10.9. The van der Waals surface area contributed by atoms with Gasteiger partial charge in [0.1, 0.15) is 18.2 Å². The molecule has 2 aromatic carbocycles. The maximum Gasteiger partial charge on any atom is 0.153 e. The Labute approximate surface area is 126 Å². The average Bonchev–Trinajstić information content (AvgIpc) is 2.41. The van der Waals surface area contributed by atoms with Gasteiger partial charge in [-0.1, -0.05) is 22.0 Å². The Balaban J connectivity index is 2.14. The van der Waals surface area contributed by atoms with E-state index in [1.54, 1.807) is 30.3 Å². The van der Waals surface area contributed by atoms with Crippen molar-refractivity contribution in [3.8, 4) is 5.75 Å². The van der Waals surface area contributed by atoms with Crippen molar-refractivity contribution in [3.63, 3.8) is 0 Å². The Morgan fingerprint density at radius 2 is 1.95 bits per heavy atom. The van der Waals surface area contributed by atoms with Crippen LogP contribution in [0.2, 0.25) is 0 Å². The van der Waals surface area contributed by atoms with Gasteiger partial charge in [-0.15, -0.1) is 0 Å². The summed E-state index contributed by atoms with van der Waals surface area (Å²) in [6.45, 7) is 0.265. The molecule has 0 atom stereocenters. The van der Waals surface area contributed by atoms with E-state index in [0.717, 1.165) is 16.3 Å². The van der Waals surface area contributed by atoms with Crippen molar-refractivity contribution < 1.29 is 13.9 Å². The molecule has 0 saturated carbocycles. The smallest absolute Gasteiger partial charge is 0.153 e. The van der Waals surface area contributed by atoms with Crippen molar-refractivity contribution in [3.05, 3.63) is 62.3 Å². The topological polar surface area (TPSA) is 26.3 Å². The zero-order valence-corrected chi connectivity index (χ0v) is 12.9. The van der Waals surface area contributed by atoms with Gasteiger partial charge in [0.15, 0.2) is 6.29 Å². The molecule has 0 amide bonds. The molecule has 0 aliphatic rings. The van der Waals surface area contributed by atoms with Gasteiger partial charge in [0.2, 0.25) is 0 Å². The predicted octanol–water partition coefficient (Wildman–Crippen LogP) is 4.74. The molecule has 0 aliphatic heterocycles. The van der Waals surface area contributed by atoms with E-state index in [0.29, 0.717) is 15.8 Å². The van der Waals surface area contributed by atoms with Crippen LogP contribution in [0.5, 0.6) is 5.75 Å². The first kappa shape index (κ1) is 14.2. The number of rotatable bonds is 4. The molecular formula is C14H9Br2FO2. The van der Waals surface area contributed by atoms with Crippen molar-refractivity contribution in [1.29, 1.82) is 0 Å². The number of carbonyl (C=O) groups is 1. The normalized spacial score (nSPS) is 10.3. The number of carbonyl (C=O) groups excluding carboxylic acids is 1. The molecule has 0 bridgehead atoms. The number of benzene rings is 2. The molecule has 5 heteroatoms. The molecule has 98 valence electrons. The molecular weight excluding hydrogens is 379 g/mol. The Bertz CT molecular complexity index is 614. The van der Waals surface area contributed by atoms with Crippen LogP contribution in [-0.2, 0) is 6.61 Å². The second-order valence-corrected chi connectivity index (χ2v) is 5.61. The van der Waals surface area contributed by atoms with E-state index in [1.807, 2.05) is 0 Å². The van der Waals surface area contributed by atoms with Crippen LogP contribution in [0.1, 0.15) is 15.9 Å². The molecule has 2 nitrogen and oxygen atoms in total. The fraction of sp³-hybridized carbons (Fsp3) is 0.0714. The molecule has 0 heterocycles. The fourth-order valence-electron chi connectivity index (χ4n) is 1.53. The monoisotopic (exact) mass is 386 g/mol. The Kier molecular flexibility index (Phi) is 4.71. The van der Waals surface area contributed by atoms with E-state index in [2.05, 4.69) is 31.9 Å². The Hall–Kier alpha value is -1.20. The first-order valence-electron chi connectivity index (χ1n) is 5.41. The molecule has 0 radical (unpaired) electrons. The van der Waals surface area contributed by atoms with Crippen molar-refractivity contribution in [2.24, 2.45) is 0 Å². The fourth-order valence-corrected chi connectivity index (χ4v) is 2.34. The lowest BCUT2D eigenvalue weighted by molar-refractivity contribution is 0.111. The summed E-state index contributed by atoms with van der Waals surface area (Å²) in [6.07, 6.45) is 0.737. The van der Waals surface area contributed by atoms with Crippen LogP contribution in [-0.4, -0.2) is 6.29 Å². The minimum absolute atomic E-state index is 0.265. The summed E-state index contributed by atoms with van der Waals surface area (Å²) in [6, 6.07) is 9.84. The summed E-state index contributed by atoms with van der Waals surface area (Å²) in [5.41, 5.74) is 1.28. The third kappa shape index (κ3) is 3.64. The van der Waals surface area contributed by atoms with Crippen molar-refractivity contribution in [2.75, 3.05) is 0 Å². The lowest BCUT2D eigenvalue weighted by Crippen LogP contribution is -1.98. The molecule has 19 heavy (non-hydrogen) atoms. The Morgan fingerprint density at radius 1 is 1.16 bits per heavy atom. The van der Waals surface area contributed by atoms with E-state index in [1.165, 1.54) is 6.07 Å². The maximum atomic E-state index is 13.1. The van der Waals surface area contributed by atoms with Gasteiger partial charge >= 0.3 is 0 Å². The number of halogens is 3. The van der Waals surface area contributed by atoms with Crippen LogP contribution in [0.15, 0.2) is 45.3 Å². The van der Waals surface area contributed by atoms with Gasteiger partial charge in [0, 0.05) is 4.47 Å². The number of ether oxygens (including phenoxy) is 1. The Morgan fingerprint density at radius 3 is 2.63 bits per heavy atom. The quantitative estimate of drug-likeness (QED) is 0.708. The number of aldehydes is 1. The van der Waals surface area contributed by atoms with E-state index < -0.39 is 0 Å². The highest BCUT2D eigenvalue weighted by Gasteiger charge is 2.05. The predicted molar refractivity (Wildman–Crippen MR) is 78.0 cm³/mol. The zero-order chi connectivity index (χ0) is 13.8.